The molecule has 0 unspecified atom stereocenters. The summed E-state index contributed by atoms with van der Waals surface area (Å²) in [6, 6.07) is 3.63. The van der Waals surface area contributed by atoms with Crippen LogP contribution in [0.5, 0.6) is 0 Å². The van der Waals surface area contributed by atoms with Crippen molar-refractivity contribution in [3.8, 4) is 5.00 Å². The number of alkyl halides is 3. The number of thiophene rings is 1. The normalized spacial score (nSPS) is 17.4. The molecule has 3 heterocycles. The van der Waals surface area contributed by atoms with Crippen LogP contribution in [-0.2, 0) is 16.4 Å². The lowest BCUT2D eigenvalue weighted by Gasteiger charge is -2.31. The number of piperidine rings is 1. The van der Waals surface area contributed by atoms with Gasteiger partial charge in [0.1, 0.15) is 10.8 Å². The minimum Gasteiger partial charge on any atom is -0.246 e. The van der Waals surface area contributed by atoms with Gasteiger partial charge < -0.3 is 0 Å². The van der Waals surface area contributed by atoms with Gasteiger partial charge in [0.15, 0.2) is 0 Å². The van der Waals surface area contributed by atoms with Gasteiger partial charge in [-0.1, -0.05) is 0 Å². The zero-order chi connectivity index (χ0) is 19.7. The summed E-state index contributed by atoms with van der Waals surface area (Å²) in [5, 5.41) is 9.09. The molecule has 0 saturated carbocycles. The van der Waals surface area contributed by atoms with E-state index in [0.717, 1.165) is 9.31 Å². The maximum atomic E-state index is 12.3. The molecule has 1 N–H and O–H groups in total. The van der Waals surface area contributed by atoms with E-state index in [0.29, 0.717) is 25.1 Å². The van der Waals surface area contributed by atoms with Gasteiger partial charge in [-0.2, -0.15) is 18.3 Å². The number of rotatable bonds is 6. The first-order chi connectivity index (χ1) is 12.7. The van der Waals surface area contributed by atoms with E-state index in [4.69, 9.17) is 0 Å². The van der Waals surface area contributed by atoms with E-state index in [9.17, 15) is 26.4 Å². The fourth-order valence-corrected chi connectivity index (χ4v) is 5.38. The molecule has 1 aliphatic heterocycles. The van der Waals surface area contributed by atoms with Crippen molar-refractivity contribution in [2.45, 2.75) is 31.9 Å². The van der Waals surface area contributed by atoms with Gasteiger partial charge >= 0.3 is 11.9 Å². The van der Waals surface area contributed by atoms with Gasteiger partial charge in [-0.3, -0.25) is 0 Å². The van der Waals surface area contributed by atoms with Crippen LogP contribution in [0.2, 0.25) is 0 Å². The van der Waals surface area contributed by atoms with Gasteiger partial charge in [0.2, 0.25) is 10.0 Å². The second kappa shape index (κ2) is 7.76. The first-order valence-electron chi connectivity index (χ1n) is 8.40. The summed E-state index contributed by atoms with van der Waals surface area (Å²) in [6.07, 6.45) is -4.31. The van der Waals surface area contributed by atoms with Crippen molar-refractivity contribution in [1.29, 1.82) is 0 Å². The zero-order valence-electron chi connectivity index (χ0n) is 14.3. The summed E-state index contributed by atoms with van der Waals surface area (Å²) in [5.41, 5.74) is -0.334. The van der Waals surface area contributed by atoms with Crippen LogP contribution in [0.4, 0.5) is 13.2 Å². The molecule has 1 saturated heterocycles. The highest BCUT2D eigenvalue weighted by Crippen LogP contribution is 2.26. The van der Waals surface area contributed by atoms with Crippen LogP contribution in [0.1, 0.15) is 25.1 Å². The summed E-state index contributed by atoms with van der Waals surface area (Å²) < 4.78 is 63.7. The van der Waals surface area contributed by atoms with E-state index in [1.807, 2.05) is 11.4 Å². The van der Waals surface area contributed by atoms with E-state index in [1.54, 1.807) is 6.07 Å². The summed E-state index contributed by atoms with van der Waals surface area (Å²) in [4.78, 5) is 12.0. The molecule has 0 spiro atoms. The number of nitrogens with one attached hydrogen (secondary N) is 1. The monoisotopic (exact) mass is 424 g/mol. The zero-order valence-corrected chi connectivity index (χ0v) is 15.9. The molecule has 3 rings (SSSR count). The Morgan fingerprint density at radius 1 is 1.30 bits per heavy atom. The van der Waals surface area contributed by atoms with Crippen molar-refractivity contribution in [2.75, 3.05) is 18.8 Å². The molecule has 27 heavy (non-hydrogen) atoms. The predicted molar refractivity (Wildman–Crippen MR) is 94.5 cm³/mol. The molecule has 150 valence electrons. The van der Waals surface area contributed by atoms with Crippen molar-refractivity contribution >= 4 is 21.4 Å². The maximum absolute atomic E-state index is 12.3. The van der Waals surface area contributed by atoms with Gasteiger partial charge in [0, 0.05) is 19.5 Å². The Morgan fingerprint density at radius 3 is 2.59 bits per heavy atom. The Kier molecular flexibility index (Phi) is 5.77. The number of sulfonamides is 1. The Hall–Kier alpha value is -1.66. The maximum Gasteiger partial charge on any atom is 0.390 e. The van der Waals surface area contributed by atoms with Crippen molar-refractivity contribution < 1.29 is 21.6 Å². The first-order valence-corrected chi connectivity index (χ1v) is 10.9. The highest BCUT2D eigenvalue weighted by Gasteiger charge is 2.34. The van der Waals surface area contributed by atoms with Gasteiger partial charge in [-0.05, 0) is 36.3 Å². The Morgan fingerprint density at radius 2 is 2.00 bits per heavy atom. The SMILES string of the molecule is O=c1[nH]nc(CC2CCN(S(=O)(=O)CCC(F)(F)F)CC2)n1-c1cccs1. The van der Waals surface area contributed by atoms with Crippen molar-refractivity contribution in [3.63, 3.8) is 0 Å². The lowest BCUT2D eigenvalue weighted by Crippen LogP contribution is -2.41. The smallest absolute Gasteiger partial charge is 0.246 e. The van der Waals surface area contributed by atoms with Crippen molar-refractivity contribution in [1.82, 2.24) is 19.1 Å². The van der Waals surface area contributed by atoms with Crippen LogP contribution < -0.4 is 5.69 Å². The third kappa shape index (κ3) is 4.99. The number of nitrogens with zero attached hydrogens (tertiary/aromatic N) is 3. The molecule has 1 aliphatic rings. The molecule has 7 nitrogen and oxygen atoms in total. The van der Waals surface area contributed by atoms with Crippen LogP contribution in [0.25, 0.3) is 5.00 Å². The van der Waals surface area contributed by atoms with Crippen LogP contribution in [0.15, 0.2) is 22.3 Å². The van der Waals surface area contributed by atoms with E-state index < -0.39 is 28.4 Å². The summed E-state index contributed by atoms with van der Waals surface area (Å²) >= 11 is 1.41. The lowest BCUT2D eigenvalue weighted by atomic mass is 9.94. The average Bonchev–Trinajstić information content (AvgIpc) is 3.23. The van der Waals surface area contributed by atoms with Crippen LogP contribution in [-0.4, -0.2) is 52.5 Å². The molecule has 0 bridgehead atoms. The number of hydrogen-bond donors (Lipinski definition) is 1. The third-order valence-electron chi connectivity index (χ3n) is 4.55. The fourth-order valence-electron chi connectivity index (χ4n) is 3.11. The Balaban J connectivity index is 1.60. The standard InChI is InChI=1S/C15H19F3N4O3S2/c16-15(17,18)5-9-27(24,25)21-6-3-11(4-7-21)10-12-19-20-14(23)22(12)13-2-1-8-26-13/h1-2,8,11H,3-7,9-10H2,(H,20,23). The van der Waals surface area contributed by atoms with E-state index in [-0.39, 0.29) is 24.7 Å². The highest BCUT2D eigenvalue weighted by atomic mass is 32.2. The quantitative estimate of drug-likeness (QED) is 0.770. The second-order valence-electron chi connectivity index (χ2n) is 6.46. The van der Waals surface area contributed by atoms with Crippen LogP contribution in [0.3, 0.4) is 0 Å². The summed E-state index contributed by atoms with van der Waals surface area (Å²) in [7, 11) is -3.91. The number of aromatic nitrogens is 3. The molecule has 0 radical (unpaired) electrons. The van der Waals surface area contributed by atoms with Gasteiger partial charge in [-0.15, -0.1) is 11.3 Å². The number of halogens is 3. The molecule has 0 aromatic carbocycles. The van der Waals surface area contributed by atoms with E-state index in [1.165, 1.54) is 15.9 Å². The Labute approximate surface area is 157 Å². The fraction of sp³-hybridized carbons (Fsp3) is 0.600. The van der Waals surface area contributed by atoms with Crippen molar-refractivity contribution in [2.24, 2.45) is 5.92 Å². The van der Waals surface area contributed by atoms with Gasteiger partial charge in [0.25, 0.3) is 0 Å². The second-order valence-corrected chi connectivity index (χ2v) is 9.47. The van der Waals surface area contributed by atoms with Crippen LogP contribution in [0, 0.1) is 5.92 Å². The topological polar surface area (TPSA) is 88.1 Å². The van der Waals surface area contributed by atoms with Crippen LogP contribution >= 0.6 is 11.3 Å². The lowest BCUT2D eigenvalue weighted by molar-refractivity contribution is -0.130. The molecule has 12 heteroatoms. The highest BCUT2D eigenvalue weighted by molar-refractivity contribution is 7.89. The first kappa shape index (κ1) is 20.1. The minimum atomic E-state index is -4.49. The summed E-state index contributed by atoms with van der Waals surface area (Å²) in [5.74, 6) is -0.243. The van der Waals surface area contributed by atoms with Gasteiger partial charge in [0.05, 0.1) is 12.2 Å². The largest absolute Gasteiger partial charge is 0.390 e. The van der Waals surface area contributed by atoms with E-state index >= 15 is 0 Å². The molecular weight excluding hydrogens is 405 g/mol. The number of H-pyrrole nitrogens is 1. The number of aromatic amines is 1. The average molecular weight is 424 g/mol. The minimum absolute atomic E-state index is 0.105. The molecular formula is C15H19F3N4O3S2. The number of hydrogen-bond acceptors (Lipinski definition) is 5. The predicted octanol–water partition coefficient (Wildman–Crippen LogP) is 2.16. The third-order valence-corrected chi connectivity index (χ3v) is 7.28. The van der Waals surface area contributed by atoms with Gasteiger partial charge in [-0.25, -0.2) is 27.2 Å². The van der Waals surface area contributed by atoms with E-state index in [2.05, 4.69) is 10.2 Å². The molecule has 0 atom stereocenters. The summed E-state index contributed by atoms with van der Waals surface area (Å²) in [6.45, 7) is 0.358. The molecule has 0 aliphatic carbocycles. The van der Waals surface area contributed by atoms with Crippen molar-refractivity contribution in [3.05, 3.63) is 33.8 Å². The molecule has 2 aromatic heterocycles. The molecule has 0 amide bonds. The molecule has 2 aromatic rings. The Bertz CT molecular complexity index is 911. The molecule has 1 fully saturated rings.